The number of hydrogen-bond donors (Lipinski definition) is 1. The summed E-state index contributed by atoms with van der Waals surface area (Å²) >= 11 is 0. The van der Waals surface area contributed by atoms with Crippen molar-refractivity contribution in [1.29, 1.82) is 0 Å². The van der Waals surface area contributed by atoms with E-state index in [-0.39, 0.29) is 6.09 Å². The fourth-order valence-corrected chi connectivity index (χ4v) is 1.51. The number of aryl methyl sites for hydroxylation is 1. The van der Waals surface area contributed by atoms with E-state index in [2.05, 4.69) is 10.3 Å². The van der Waals surface area contributed by atoms with Crippen molar-refractivity contribution in [3.8, 4) is 0 Å². The maximum absolute atomic E-state index is 11.4. The molecule has 0 fully saturated rings. The number of alkyl carbamates (subject to hydrolysis) is 1. The Bertz CT molecular complexity index is 358. The van der Waals surface area contributed by atoms with Gasteiger partial charge in [0, 0.05) is 18.9 Å². The summed E-state index contributed by atoms with van der Waals surface area (Å²) in [7, 11) is 0. The largest absolute Gasteiger partial charge is 0.444 e. The number of nitrogens with one attached hydrogen (secondary N) is 1. The molecule has 0 spiro atoms. The number of unbranched alkanes of at least 4 members (excludes halogenated alkanes) is 1. The third kappa shape index (κ3) is 6.89. The quantitative estimate of drug-likeness (QED) is 0.817. The van der Waals surface area contributed by atoms with Crippen LogP contribution in [0.15, 0.2) is 24.5 Å². The number of aromatic nitrogens is 1. The van der Waals surface area contributed by atoms with Crippen molar-refractivity contribution in [2.75, 3.05) is 6.54 Å². The Morgan fingerprint density at radius 1 is 1.28 bits per heavy atom. The fourth-order valence-electron chi connectivity index (χ4n) is 1.51. The van der Waals surface area contributed by atoms with E-state index in [4.69, 9.17) is 4.74 Å². The molecule has 0 atom stereocenters. The van der Waals surface area contributed by atoms with Gasteiger partial charge in [0.15, 0.2) is 0 Å². The first-order valence-electron chi connectivity index (χ1n) is 6.33. The molecule has 4 nitrogen and oxygen atoms in total. The van der Waals surface area contributed by atoms with Gasteiger partial charge in [0.05, 0.1) is 0 Å². The smallest absolute Gasteiger partial charge is 0.407 e. The lowest BCUT2D eigenvalue weighted by atomic mass is 10.1. The van der Waals surface area contributed by atoms with E-state index in [0.717, 1.165) is 19.3 Å². The van der Waals surface area contributed by atoms with Gasteiger partial charge in [-0.1, -0.05) is 0 Å². The zero-order valence-corrected chi connectivity index (χ0v) is 11.4. The van der Waals surface area contributed by atoms with Crippen LogP contribution >= 0.6 is 0 Å². The Kier molecular flexibility index (Phi) is 5.62. The Labute approximate surface area is 109 Å². The van der Waals surface area contributed by atoms with Gasteiger partial charge in [-0.15, -0.1) is 0 Å². The topological polar surface area (TPSA) is 51.2 Å². The minimum Gasteiger partial charge on any atom is -0.444 e. The first-order valence-corrected chi connectivity index (χ1v) is 6.33. The van der Waals surface area contributed by atoms with Gasteiger partial charge >= 0.3 is 6.09 Å². The van der Waals surface area contributed by atoms with Crippen LogP contribution in [0.25, 0.3) is 0 Å². The van der Waals surface area contributed by atoms with Crippen molar-refractivity contribution < 1.29 is 9.53 Å². The van der Waals surface area contributed by atoms with E-state index >= 15 is 0 Å². The minimum absolute atomic E-state index is 0.341. The van der Waals surface area contributed by atoms with Crippen LogP contribution < -0.4 is 5.32 Å². The molecule has 0 unspecified atom stereocenters. The van der Waals surface area contributed by atoms with Crippen LogP contribution in [0.2, 0.25) is 0 Å². The number of carbonyl (C=O) groups excluding carboxylic acids is 1. The van der Waals surface area contributed by atoms with E-state index in [0.29, 0.717) is 6.54 Å². The predicted octanol–water partition coefficient (Wildman–Crippen LogP) is 2.93. The second kappa shape index (κ2) is 6.99. The molecule has 0 aromatic carbocycles. The van der Waals surface area contributed by atoms with Crippen LogP contribution in [0.5, 0.6) is 0 Å². The highest BCUT2D eigenvalue weighted by atomic mass is 16.6. The maximum atomic E-state index is 11.4. The average Bonchev–Trinajstić information content (AvgIpc) is 2.27. The van der Waals surface area contributed by atoms with E-state index in [1.807, 2.05) is 32.9 Å². The molecule has 0 saturated heterocycles. The highest BCUT2D eigenvalue weighted by Crippen LogP contribution is 2.06. The van der Waals surface area contributed by atoms with Gasteiger partial charge in [0.1, 0.15) is 5.60 Å². The Morgan fingerprint density at radius 3 is 2.56 bits per heavy atom. The minimum atomic E-state index is -0.429. The van der Waals surface area contributed by atoms with Crippen molar-refractivity contribution >= 4 is 6.09 Å². The highest BCUT2D eigenvalue weighted by Gasteiger charge is 2.15. The summed E-state index contributed by atoms with van der Waals surface area (Å²) < 4.78 is 5.14. The summed E-state index contributed by atoms with van der Waals surface area (Å²) in [6, 6.07) is 4.03. The van der Waals surface area contributed by atoms with Gasteiger partial charge in [-0.2, -0.15) is 0 Å². The molecular formula is C14H22N2O2. The van der Waals surface area contributed by atoms with Crippen molar-refractivity contribution in [3.05, 3.63) is 30.1 Å². The molecule has 0 aliphatic heterocycles. The van der Waals surface area contributed by atoms with Crippen LogP contribution in [-0.4, -0.2) is 23.2 Å². The molecule has 1 amide bonds. The van der Waals surface area contributed by atoms with E-state index in [9.17, 15) is 4.79 Å². The van der Waals surface area contributed by atoms with Gasteiger partial charge in [0.25, 0.3) is 0 Å². The van der Waals surface area contributed by atoms with Crippen molar-refractivity contribution in [3.63, 3.8) is 0 Å². The number of nitrogens with zero attached hydrogens (tertiary/aromatic N) is 1. The fraction of sp³-hybridized carbons (Fsp3) is 0.571. The number of ether oxygens (including phenoxy) is 1. The first-order chi connectivity index (χ1) is 8.47. The van der Waals surface area contributed by atoms with Crippen LogP contribution in [0.4, 0.5) is 4.79 Å². The lowest BCUT2D eigenvalue weighted by Gasteiger charge is -2.19. The average molecular weight is 250 g/mol. The van der Waals surface area contributed by atoms with Crippen LogP contribution in [0, 0.1) is 0 Å². The number of pyridine rings is 1. The molecule has 100 valence electrons. The molecule has 1 aromatic rings. The second-order valence-electron chi connectivity index (χ2n) is 5.24. The number of carbonyl (C=O) groups is 1. The predicted molar refractivity (Wildman–Crippen MR) is 71.4 cm³/mol. The number of amides is 1. The summed E-state index contributed by atoms with van der Waals surface area (Å²) in [6.07, 6.45) is 6.26. The van der Waals surface area contributed by atoms with Gasteiger partial charge < -0.3 is 10.1 Å². The summed E-state index contributed by atoms with van der Waals surface area (Å²) in [4.78, 5) is 15.3. The van der Waals surface area contributed by atoms with Gasteiger partial charge in [-0.3, -0.25) is 4.98 Å². The van der Waals surface area contributed by atoms with E-state index in [1.165, 1.54) is 5.56 Å². The van der Waals surface area contributed by atoms with Gasteiger partial charge in [-0.25, -0.2) is 4.79 Å². The molecule has 0 aliphatic rings. The molecular weight excluding hydrogens is 228 g/mol. The van der Waals surface area contributed by atoms with E-state index in [1.54, 1.807) is 12.4 Å². The van der Waals surface area contributed by atoms with Crippen molar-refractivity contribution in [2.24, 2.45) is 0 Å². The molecule has 1 heterocycles. The first kappa shape index (κ1) is 14.5. The summed E-state index contributed by atoms with van der Waals surface area (Å²) in [5.41, 5.74) is 0.850. The van der Waals surface area contributed by atoms with Crippen LogP contribution in [0.3, 0.4) is 0 Å². The normalized spacial score (nSPS) is 11.1. The SMILES string of the molecule is CC(C)(C)OC(=O)NCCCCc1ccncc1. The Morgan fingerprint density at radius 2 is 1.94 bits per heavy atom. The maximum Gasteiger partial charge on any atom is 0.407 e. The zero-order chi connectivity index (χ0) is 13.4. The standard InChI is InChI=1S/C14H22N2O2/c1-14(2,3)18-13(17)16-9-5-4-6-12-7-10-15-11-8-12/h7-8,10-11H,4-6,9H2,1-3H3,(H,16,17). The molecule has 1 N–H and O–H groups in total. The molecule has 0 bridgehead atoms. The number of rotatable bonds is 5. The Balaban J connectivity index is 2.07. The van der Waals surface area contributed by atoms with Gasteiger partial charge in [-0.05, 0) is 57.7 Å². The summed E-state index contributed by atoms with van der Waals surface area (Å²) in [5.74, 6) is 0. The molecule has 0 aliphatic carbocycles. The molecule has 1 aromatic heterocycles. The zero-order valence-electron chi connectivity index (χ0n) is 11.4. The molecule has 4 heteroatoms. The van der Waals surface area contributed by atoms with Crippen LogP contribution in [0.1, 0.15) is 39.2 Å². The summed E-state index contributed by atoms with van der Waals surface area (Å²) in [5, 5.41) is 2.75. The van der Waals surface area contributed by atoms with Crippen molar-refractivity contribution in [2.45, 2.75) is 45.6 Å². The monoisotopic (exact) mass is 250 g/mol. The number of hydrogen-bond acceptors (Lipinski definition) is 3. The second-order valence-corrected chi connectivity index (χ2v) is 5.24. The highest BCUT2D eigenvalue weighted by molar-refractivity contribution is 5.67. The van der Waals surface area contributed by atoms with Crippen molar-refractivity contribution in [1.82, 2.24) is 10.3 Å². The van der Waals surface area contributed by atoms with E-state index < -0.39 is 5.60 Å². The third-order valence-corrected chi connectivity index (χ3v) is 2.31. The molecule has 0 radical (unpaired) electrons. The summed E-state index contributed by atoms with van der Waals surface area (Å²) in [6.45, 7) is 6.22. The Hall–Kier alpha value is -1.58. The lowest BCUT2D eigenvalue weighted by Crippen LogP contribution is -2.33. The van der Waals surface area contributed by atoms with Gasteiger partial charge in [0.2, 0.25) is 0 Å². The molecule has 0 saturated carbocycles. The molecule has 18 heavy (non-hydrogen) atoms. The third-order valence-electron chi connectivity index (χ3n) is 2.31. The lowest BCUT2D eigenvalue weighted by molar-refractivity contribution is 0.0527. The molecule has 1 rings (SSSR count). The van der Waals surface area contributed by atoms with Crippen LogP contribution in [-0.2, 0) is 11.2 Å².